The summed E-state index contributed by atoms with van der Waals surface area (Å²) >= 11 is 0. The van der Waals surface area contributed by atoms with E-state index in [4.69, 9.17) is 14.2 Å². The van der Waals surface area contributed by atoms with E-state index in [2.05, 4.69) is 11.9 Å². The molecule has 4 bridgehead atoms. The summed E-state index contributed by atoms with van der Waals surface area (Å²) in [5.41, 5.74) is 1.67. The van der Waals surface area contributed by atoms with Gasteiger partial charge in [-0.1, -0.05) is 33.1 Å². The first kappa shape index (κ1) is 22.5. The first-order valence-electron chi connectivity index (χ1n) is 11.4. The summed E-state index contributed by atoms with van der Waals surface area (Å²) in [6, 6.07) is 3.79. The lowest BCUT2D eigenvalue weighted by Crippen LogP contribution is -2.13. The Morgan fingerprint density at radius 2 is 1.87 bits per heavy atom. The number of hydrogen-bond acceptors (Lipinski definition) is 5. The Balaban J connectivity index is 1.64. The van der Waals surface area contributed by atoms with Gasteiger partial charge in [0.15, 0.2) is 5.78 Å². The number of carbonyl (C=O) groups excluding carboxylic acids is 1. The van der Waals surface area contributed by atoms with E-state index < -0.39 is 0 Å². The van der Waals surface area contributed by atoms with Crippen LogP contribution in [0.4, 0.5) is 0 Å². The Labute approximate surface area is 180 Å². The van der Waals surface area contributed by atoms with E-state index in [9.17, 15) is 4.79 Å². The maximum absolute atomic E-state index is 12.6. The number of hydrogen-bond donors (Lipinski definition) is 0. The second-order valence-corrected chi connectivity index (χ2v) is 8.51. The first-order valence-corrected chi connectivity index (χ1v) is 11.4. The van der Waals surface area contributed by atoms with Crippen LogP contribution in [0.3, 0.4) is 0 Å². The smallest absolute Gasteiger partial charge is 0.213 e. The molecule has 0 saturated carbocycles. The molecule has 30 heavy (non-hydrogen) atoms. The second-order valence-electron chi connectivity index (χ2n) is 8.51. The number of ketones is 1. The van der Waals surface area contributed by atoms with Crippen LogP contribution < -0.4 is 4.74 Å². The van der Waals surface area contributed by atoms with Gasteiger partial charge >= 0.3 is 0 Å². The van der Waals surface area contributed by atoms with Gasteiger partial charge in [0.2, 0.25) is 5.88 Å². The third-order valence-corrected chi connectivity index (χ3v) is 5.73. The average molecular weight is 414 g/mol. The fourth-order valence-corrected chi connectivity index (χ4v) is 3.84. The quantitative estimate of drug-likeness (QED) is 0.545. The van der Waals surface area contributed by atoms with Gasteiger partial charge in [0.25, 0.3) is 0 Å². The molecule has 0 spiro atoms. The van der Waals surface area contributed by atoms with E-state index >= 15 is 0 Å². The lowest BCUT2D eigenvalue weighted by Gasteiger charge is -2.20. The zero-order valence-electron chi connectivity index (χ0n) is 18.4. The molecule has 1 aromatic heterocycles. The molecule has 4 rings (SSSR count). The minimum atomic E-state index is 0.0393. The predicted octanol–water partition coefficient (Wildman–Crippen LogP) is 5.71. The molecule has 0 aliphatic carbocycles. The molecular formula is C25H35NO4. The molecule has 4 heterocycles. The molecule has 0 radical (unpaired) electrons. The Hall–Kier alpha value is -2.14. The predicted molar refractivity (Wildman–Crippen MR) is 118 cm³/mol. The standard InChI is InChI=1S/C25H35NO4/c1-19-9-5-3-4-6-10-23(27)22-18-30-24(15-20(22)2)21-11-12-26-25(16-21)29-14-8-7-13-28-17-19/h11-12,15-16,18-20H,3-10,13-14,17H2,1-2H3. The zero-order valence-corrected chi connectivity index (χ0v) is 18.4. The van der Waals surface area contributed by atoms with Gasteiger partial charge in [-0.05, 0) is 43.7 Å². The first-order chi connectivity index (χ1) is 14.6. The molecule has 5 nitrogen and oxygen atoms in total. The fraction of sp³-hybridized carbons (Fsp3) is 0.600. The number of aromatic nitrogens is 1. The van der Waals surface area contributed by atoms with Gasteiger partial charge in [-0.3, -0.25) is 4.79 Å². The van der Waals surface area contributed by atoms with Crippen molar-refractivity contribution in [2.24, 2.45) is 11.8 Å². The second kappa shape index (κ2) is 11.9. The molecule has 5 heteroatoms. The molecule has 2 unspecified atom stereocenters. The number of fused-ring (bicyclic) bond motifs is 16. The van der Waals surface area contributed by atoms with Crippen molar-refractivity contribution < 1.29 is 19.0 Å². The van der Waals surface area contributed by atoms with Crippen LogP contribution in [0.15, 0.2) is 36.2 Å². The maximum Gasteiger partial charge on any atom is 0.213 e. The molecule has 0 N–H and O–H groups in total. The van der Waals surface area contributed by atoms with Gasteiger partial charge in [-0.15, -0.1) is 0 Å². The van der Waals surface area contributed by atoms with Gasteiger partial charge in [0.1, 0.15) is 5.76 Å². The molecule has 2 atom stereocenters. The maximum atomic E-state index is 12.6. The van der Waals surface area contributed by atoms with E-state index in [0.29, 0.717) is 24.8 Å². The van der Waals surface area contributed by atoms with Crippen LogP contribution in [0.1, 0.15) is 70.8 Å². The molecule has 0 fully saturated rings. The Bertz CT molecular complexity index is 755. The minimum absolute atomic E-state index is 0.0393. The van der Waals surface area contributed by atoms with Gasteiger partial charge in [0, 0.05) is 49.0 Å². The molecule has 0 aromatic carbocycles. The number of ether oxygens (including phenoxy) is 3. The van der Waals surface area contributed by atoms with E-state index in [-0.39, 0.29) is 11.7 Å². The third-order valence-electron chi connectivity index (χ3n) is 5.73. The Kier molecular flexibility index (Phi) is 8.94. The van der Waals surface area contributed by atoms with Crippen LogP contribution in [0.25, 0.3) is 5.76 Å². The van der Waals surface area contributed by atoms with Crippen molar-refractivity contribution in [3.63, 3.8) is 0 Å². The summed E-state index contributed by atoms with van der Waals surface area (Å²) in [6.45, 7) is 6.51. The van der Waals surface area contributed by atoms with Gasteiger partial charge in [-0.25, -0.2) is 4.98 Å². The van der Waals surface area contributed by atoms with E-state index in [1.54, 1.807) is 12.5 Å². The van der Waals surface area contributed by atoms with Crippen LogP contribution >= 0.6 is 0 Å². The summed E-state index contributed by atoms with van der Waals surface area (Å²) in [4.78, 5) is 16.9. The number of rotatable bonds is 0. The highest BCUT2D eigenvalue weighted by Gasteiger charge is 2.21. The van der Waals surface area contributed by atoms with Gasteiger partial charge in [-0.2, -0.15) is 0 Å². The van der Waals surface area contributed by atoms with Crippen molar-refractivity contribution in [1.29, 1.82) is 0 Å². The van der Waals surface area contributed by atoms with Crippen molar-refractivity contribution >= 4 is 11.5 Å². The minimum Gasteiger partial charge on any atom is -0.478 e. The molecule has 3 aliphatic rings. The normalized spacial score (nSPS) is 25.1. The Morgan fingerprint density at radius 3 is 2.73 bits per heavy atom. The van der Waals surface area contributed by atoms with Crippen LogP contribution in [0.2, 0.25) is 0 Å². The van der Waals surface area contributed by atoms with Crippen molar-refractivity contribution in [3.05, 3.63) is 41.8 Å². The summed E-state index contributed by atoms with van der Waals surface area (Å²) in [6.07, 6.45) is 13.5. The van der Waals surface area contributed by atoms with E-state index in [1.165, 1.54) is 19.3 Å². The molecule has 164 valence electrons. The zero-order chi connectivity index (χ0) is 21.2. The average Bonchev–Trinajstić information content (AvgIpc) is 2.75. The molecule has 3 aliphatic heterocycles. The summed E-state index contributed by atoms with van der Waals surface area (Å²) in [5.74, 6) is 2.15. The lowest BCUT2D eigenvalue weighted by atomic mass is 9.92. The Morgan fingerprint density at radius 1 is 1.03 bits per heavy atom. The van der Waals surface area contributed by atoms with Crippen LogP contribution in [-0.4, -0.2) is 30.6 Å². The van der Waals surface area contributed by atoms with Gasteiger partial charge in [0.05, 0.1) is 12.9 Å². The van der Waals surface area contributed by atoms with Crippen molar-refractivity contribution in [1.82, 2.24) is 4.98 Å². The van der Waals surface area contributed by atoms with Crippen LogP contribution in [-0.2, 0) is 14.3 Å². The number of Topliss-reactive ketones (excluding diaryl/α,β-unsaturated/α-hetero) is 1. The van der Waals surface area contributed by atoms with E-state index in [1.807, 2.05) is 25.1 Å². The molecular weight excluding hydrogens is 378 g/mol. The third kappa shape index (κ3) is 6.98. The highest BCUT2D eigenvalue weighted by atomic mass is 16.5. The molecule has 0 amide bonds. The van der Waals surface area contributed by atoms with Crippen molar-refractivity contribution in [3.8, 4) is 5.88 Å². The van der Waals surface area contributed by atoms with Crippen LogP contribution in [0, 0.1) is 11.8 Å². The van der Waals surface area contributed by atoms with Crippen LogP contribution in [0.5, 0.6) is 5.88 Å². The number of nitrogens with zero attached hydrogens (tertiary/aromatic N) is 1. The molecule has 0 saturated heterocycles. The topological polar surface area (TPSA) is 57.7 Å². The largest absolute Gasteiger partial charge is 0.478 e. The summed E-state index contributed by atoms with van der Waals surface area (Å²) in [5, 5.41) is 0. The monoisotopic (exact) mass is 413 g/mol. The van der Waals surface area contributed by atoms with E-state index in [0.717, 1.165) is 55.8 Å². The number of carbonyl (C=O) groups is 1. The van der Waals surface area contributed by atoms with Crippen molar-refractivity contribution in [2.45, 2.75) is 65.2 Å². The summed E-state index contributed by atoms with van der Waals surface area (Å²) in [7, 11) is 0. The highest BCUT2D eigenvalue weighted by molar-refractivity contribution is 5.96. The SMILES string of the molecule is CC1CCCCCCC(=O)C2=COC(=CC2C)c2ccnc(c2)OCCCCOC1. The lowest BCUT2D eigenvalue weighted by molar-refractivity contribution is -0.116. The molecule has 1 aromatic rings. The number of pyridine rings is 1. The van der Waals surface area contributed by atoms with Gasteiger partial charge < -0.3 is 14.2 Å². The number of allylic oxidation sites excluding steroid dienone is 2. The van der Waals surface area contributed by atoms with Crippen molar-refractivity contribution in [2.75, 3.05) is 19.8 Å². The summed E-state index contributed by atoms with van der Waals surface area (Å²) < 4.78 is 17.4. The fourth-order valence-electron chi connectivity index (χ4n) is 3.84. The highest BCUT2D eigenvalue weighted by Crippen LogP contribution is 2.30.